The van der Waals surface area contributed by atoms with E-state index in [0.29, 0.717) is 5.25 Å². The molecule has 0 aromatic carbocycles. The second kappa shape index (κ2) is 6.65. The van der Waals surface area contributed by atoms with Crippen LogP contribution in [0.3, 0.4) is 0 Å². The molecule has 0 saturated carbocycles. The van der Waals surface area contributed by atoms with Crippen molar-refractivity contribution >= 4 is 17.7 Å². The van der Waals surface area contributed by atoms with E-state index in [1.165, 1.54) is 6.20 Å². The monoisotopic (exact) mass is 305 g/mol. The Balaban J connectivity index is 2.16. The highest BCUT2D eigenvalue weighted by Crippen LogP contribution is 2.29. The molecule has 0 bridgehead atoms. The molecule has 1 aromatic rings. The van der Waals surface area contributed by atoms with Crippen molar-refractivity contribution in [3.63, 3.8) is 0 Å². The Bertz CT molecular complexity index is 439. The van der Waals surface area contributed by atoms with Gasteiger partial charge in [-0.3, -0.25) is 0 Å². The zero-order valence-electron chi connectivity index (χ0n) is 11.4. The number of alkyl halides is 3. The third kappa shape index (κ3) is 4.01. The fraction of sp³-hybridized carbons (Fsp3) is 0.692. The fourth-order valence-corrected chi connectivity index (χ4v) is 3.41. The normalized spacial score (nSPS) is 20.8. The number of aromatic nitrogens is 2. The summed E-state index contributed by atoms with van der Waals surface area (Å²) < 4.78 is 38.1. The quantitative estimate of drug-likeness (QED) is 0.853. The van der Waals surface area contributed by atoms with Crippen molar-refractivity contribution < 1.29 is 13.2 Å². The van der Waals surface area contributed by atoms with E-state index in [4.69, 9.17) is 0 Å². The van der Waals surface area contributed by atoms with E-state index in [2.05, 4.69) is 16.9 Å². The number of hydrogen-bond donors (Lipinski definition) is 0. The Morgan fingerprint density at radius 3 is 2.90 bits per heavy atom. The second-order valence-corrected chi connectivity index (χ2v) is 6.34. The molecule has 7 heteroatoms. The molecule has 112 valence electrons. The summed E-state index contributed by atoms with van der Waals surface area (Å²) in [7, 11) is 0. The van der Waals surface area contributed by atoms with Gasteiger partial charge in [0.15, 0.2) is 0 Å². The van der Waals surface area contributed by atoms with Crippen molar-refractivity contribution in [2.45, 2.75) is 37.6 Å². The van der Waals surface area contributed by atoms with Crippen LogP contribution in [0.15, 0.2) is 12.3 Å². The van der Waals surface area contributed by atoms with E-state index < -0.39 is 11.9 Å². The molecule has 1 atom stereocenters. The molecule has 1 unspecified atom stereocenters. The summed E-state index contributed by atoms with van der Waals surface area (Å²) in [5.41, 5.74) is -0.869. The van der Waals surface area contributed by atoms with Gasteiger partial charge in [0.1, 0.15) is 5.69 Å². The topological polar surface area (TPSA) is 29.0 Å². The van der Waals surface area contributed by atoms with Crippen LogP contribution in [-0.4, -0.2) is 34.1 Å². The number of hydrogen-bond acceptors (Lipinski definition) is 4. The summed E-state index contributed by atoms with van der Waals surface area (Å²) in [5, 5.41) is 0.445. The lowest BCUT2D eigenvalue weighted by Crippen LogP contribution is -2.31. The van der Waals surface area contributed by atoms with Crippen LogP contribution < -0.4 is 4.90 Å². The largest absolute Gasteiger partial charge is 0.433 e. The SMILES string of the molecule is CCSC1CCCCN(c2nccc(C(F)(F)F)n2)C1. The summed E-state index contributed by atoms with van der Waals surface area (Å²) >= 11 is 1.85. The Morgan fingerprint density at radius 2 is 2.20 bits per heavy atom. The molecule has 0 amide bonds. The van der Waals surface area contributed by atoms with Gasteiger partial charge in [0, 0.05) is 24.5 Å². The third-order valence-electron chi connectivity index (χ3n) is 3.25. The number of anilines is 1. The van der Waals surface area contributed by atoms with Crippen LogP contribution in [0.4, 0.5) is 19.1 Å². The lowest BCUT2D eigenvalue weighted by atomic mass is 10.2. The van der Waals surface area contributed by atoms with Crippen molar-refractivity contribution in [1.82, 2.24) is 9.97 Å². The van der Waals surface area contributed by atoms with Crippen molar-refractivity contribution in [2.75, 3.05) is 23.7 Å². The molecule has 1 fully saturated rings. The summed E-state index contributed by atoms with van der Waals surface area (Å²) in [6.07, 6.45) is -0.0411. The molecule has 1 aliphatic heterocycles. The first-order valence-corrected chi connectivity index (χ1v) is 7.82. The van der Waals surface area contributed by atoms with Gasteiger partial charge in [0.25, 0.3) is 0 Å². The molecule has 0 spiro atoms. The lowest BCUT2D eigenvalue weighted by molar-refractivity contribution is -0.141. The van der Waals surface area contributed by atoms with Crippen molar-refractivity contribution in [3.8, 4) is 0 Å². The maximum absolute atomic E-state index is 12.7. The smallest absolute Gasteiger partial charge is 0.340 e. The van der Waals surface area contributed by atoms with Crippen molar-refractivity contribution in [1.29, 1.82) is 0 Å². The van der Waals surface area contributed by atoms with Crippen LogP contribution >= 0.6 is 11.8 Å². The first-order chi connectivity index (χ1) is 9.50. The Labute approximate surface area is 121 Å². The van der Waals surface area contributed by atoms with Gasteiger partial charge >= 0.3 is 6.18 Å². The van der Waals surface area contributed by atoms with Gasteiger partial charge in [0.2, 0.25) is 5.95 Å². The van der Waals surface area contributed by atoms with Gasteiger partial charge in [-0.25, -0.2) is 9.97 Å². The molecule has 0 aliphatic carbocycles. The van der Waals surface area contributed by atoms with Gasteiger partial charge in [0.05, 0.1) is 0 Å². The predicted octanol–water partition coefficient (Wildman–Crippen LogP) is 3.61. The van der Waals surface area contributed by atoms with Crippen LogP contribution in [0.2, 0.25) is 0 Å². The Morgan fingerprint density at radius 1 is 1.40 bits per heavy atom. The Kier molecular flexibility index (Phi) is 5.12. The highest BCUT2D eigenvalue weighted by Gasteiger charge is 2.33. The molecule has 2 rings (SSSR count). The highest BCUT2D eigenvalue weighted by atomic mass is 32.2. The van der Waals surface area contributed by atoms with Crippen LogP contribution in [0, 0.1) is 0 Å². The van der Waals surface area contributed by atoms with Crippen LogP contribution in [0.5, 0.6) is 0 Å². The van der Waals surface area contributed by atoms with Crippen LogP contribution in [0.25, 0.3) is 0 Å². The first-order valence-electron chi connectivity index (χ1n) is 6.77. The standard InChI is InChI=1S/C13H18F3N3S/c1-2-20-10-5-3-4-8-19(9-10)12-17-7-6-11(18-12)13(14,15)16/h6-7,10H,2-5,8-9H2,1H3. The van der Waals surface area contributed by atoms with E-state index in [1.807, 2.05) is 16.7 Å². The molecule has 20 heavy (non-hydrogen) atoms. The number of halogens is 3. The van der Waals surface area contributed by atoms with E-state index in [9.17, 15) is 13.2 Å². The van der Waals surface area contributed by atoms with Gasteiger partial charge in [-0.15, -0.1) is 0 Å². The first kappa shape index (κ1) is 15.4. The van der Waals surface area contributed by atoms with Crippen LogP contribution in [-0.2, 0) is 6.18 Å². The summed E-state index contributed by atoms with van der Waals surface area (Å²) in [5.74, 6) is 1.21. The van der Waals surface area contributed by atoms with E-state index >= 15 is 0 Å². The maximum atomic E-state index is 12.7. The molecule has 3 nitrogen and oxygen atoms in total. The average Bonchev–Trinajstić information content (AvgIpc) is 2.64. The molecular weight excluding hydrogens is 287 g/mol. The molecule has 0 radical (unpaired) electrons. The third-order valence-corrected chi connectivity index (χ3v) is 4.44. The number of rotatable bonds is 3. The zero-order valence-corrected chi connectivity index (χ0v) is 12.2. The van der Waals surface area contributed by atoms with Crippen molar-refractivity contribution in [3.05, 3.63) is 18.0 Å². The maximum Gasteiger partial charge on any atom is 0.433 e. The zero-order chi connectivity index (χ0) is 14.6. The fourth-order valence-electron chi connectivity index (χ4n) is 2.32. The van der Waals surface area contributed by atoms with E-state index in [-0.39, 0.29) is 5.95 Å². The Hall–Kier alpha value is -0.980. The number of nitrogens with zero attached hydrogens (tertiary/aromatic N) is 3. The van der Waals surface area contributed by atoms with Crippen molar-refractivity contribution in [2.24, 2.45) is 0 Å². The molecule has 1 aromatic heterocycles. The minimum atomic E-state index is -4.42. The lowest BCUT2D eigenvalue weighted by Gasteiger charge is -2.24. The summed E-state index contributed by atoms with van der Waals surface area (Å²) in [6.45, 7) is 3.54. The van der Waals surface area contributed by atoms with Gasteiger partial charge in [-0.1, -0.05) is 13.3 Å². The summed E-state index contributed by atoms with van der Waals surface area (Å²) in [4.78, 5) is 9.59. The minimum Gasteiger partial charge on any atom is -0.340 e. The van der Waals surface area contributed by atoms with Crippen LogP contribution in [0.1, 0.15) is 31.9 Å². The van der Waals surface area contributed by atoms with Gasteiger partial charge in [-0.2, -0.15) is 24.9 Å². The molecule has 1 saturated heterocycles. The average molecular weight is 305 g/mol. The van der Waals surface area contributed by atoms with Gasteiger partial charge < -0.3 is 4.90 Å². The predicted molar refractivity (Wildman–Crippen MR) is 75.0 cm³/mol. The molecule has 1 aliphatic rings. The minimum absolute atomic E-state index is 0.198. The molecular formula is C13H18F3N3S. The highest BCUT2D eigenvalue weighted by molar-refractivity contribution is 7.99. The molecule has 2 heterocycles. The van der Waals surface area contributed by atoms with E-state index in [0.717, 1.165) is 44.2 Å². The van der Waals surface area contributed by atoms with E-state index in [1.54, 1.807) is 0 Å². The van der Waals surface area contributed by atoms with Gasteiger partial charge in [-0.05, 0) is 24.7 Å². The molecule has 0 N–H and O–H groups in total. The summed E-state index contributed by atoms with van der Waals surface area (Å²) in [6, 6.07) is 0.916. The second-order valence-electron chi connectivity index (χ2n) is 4.76. The number of thioether (sulfide) groups is 1.